The van der Waals surface area contributed by atoms with E-state index in [9.17, 15) is 18.0 Å². The van der Waals surface area contributed by atoms with Gasteiger partial charge in [-0.3, -0.25) is 14.3 Å². The first-order valence-corrected chi connectivity index (χ1v) is 14.1. The summed E-state index contributed by atoms with van der Waals surface area (Å²) in [6, 6.07) is 13.2. The van der Waals surface area contributed by atoms with Crippen LogP contribution >= 0.6 is 11.6 Å². The van der Waals surface area contributed by atoms with Crippen LogP contribution in [0.2, 0.25) is 5.02 Å². The van der Waals surface area contributed by atoms with Crippen molar-refractivity contribution in [2.45, 2.75) is 31.8 Å². The molecule has 4 N–H and O–H groups in total. The number of anilines is 2. The fraction of sp³-hybridized carbons (Fsp3) is 0.231. The van der Waals surface area contributed by atoms with Crippen LogP contribution in [-0.2, 0) is 10.0 Å². The average Bonchev–Trinajstić information content (AvgIpc) is 3.68. The number of fused-ring (bicyclic) bond motifs is 1. The van der Waals surface area contributed by atoms with Crippen LogP contribution in [0.15, 0.2) is 59.5 Å². The number of hydrogen-bond acceptors (Lipinski definition) is 7. The van der Waals surface area contributed by atoms with Crippen LogP contribution in [0.5, 0.6) is 0 Å². The molecule has 4 aromatic rings. The largest absolute Gasteiger partial charge is 0.382 e. The van der Waals surface area contributed by atoms with Gasteiger partial charge in [-0.05, 0) is 49.4 Å². The van der Waals surface area contributed by atoms with Gasteiger partial charge in [-0.2, -0.15) is 0 Å². The molecule has 0 aliphatic heterocycles. The van der Waals surface area contributed by atoms with Crippen LogP contribution in [0.3, 0.4) is 0 Å². The van der Waals surface area contributed by atoms with E-state index in [2.05, 4.69) is 20.0 Å². The van der Waals surface area contributed by atoms with Gasteiger partial charge < -0.3 is 15.6 Å². The van der Waals surface area contributed by atoms with Gasteiger partial charge in [0.05, 0.1) is 34.6 Å². The number of rotatable bonds is 7. The Balaban J connectivity index is 1.47. The van der Waals surface area contributed by atoms with E-state index in [-0.39, 0.29) is 23.1 Å². The molecule has 2 heterocycles. The number of carbonyl (C=O) groups is 1. The van der Waals surface area contributed by atoms with Crippen molar-refractivity contribution in [3.63, 3.8) is 0 Å². The molecule has 2 aromatic heterocycles. The van der Waals surface area contributed by atoms with Gasteiger partial charge >= 0.3 is 0 Å². The Kier molecular flexibility index (Phi) is 6.58. The molecular formula is C26H25ClN6O4S. The highest BCUT2D eigenvalue weighted by molar-refractivity contribution is 7.92. The molecule has 1 saturated carbocycles. The summed E-state index contributed by atoms with van der Waals surface area (Å²) < 4.78 is 27.3. The summed E-state index contributed by atoms with van der Waals surface area (Å²) >= 11 is 6.33. The molecule has 1 aliphatic rings. The number of nitrogen functional groups attached to an aromatic ring is 1. The van der Waals surface area contributed by atoms with Gasteiger partial charge in [-0.15, -0.1) is 0 Å². The maximum absolute atomic E-state index is 13.4. The number of nitrogens with two attached hydrogens (primary N) is 1. The maximum Gasteiger partial charge on any atom is 0.274 e. The SMILES string of the molecule is CC(NC(=O)c1nc(-c2cccc(NS(C)(=O)=O)c2)cnc1N)c1cc2cccc(Cl)c2c(=O)n1C1CC1. The predicted molar refractivity (Wildman–Crippen MR) is 148 cm³/mol. The zero-order valence-corrected chi connectivity index (χ0v) is 22.2. The summed E-state index contributed by atoms with van der Waals surface area (Å²) in [5.41, 5.74) is 7.62. The topological polar surface area (TPSA) is 149 Å². The third-order valence-electron chi connectivity index (χ3n) is 6.24. The summed E-state index contributed by atoms with van der Waals surface area (Å²) in [4.78, 5) is 35.2. The minimum absolute atomic E-state index is 0.0542. The lowest BCUT2D eigenvalue weighted by Gasteiger charge is -2.21. The van der Waals surface area contributed by atoms with Crippen molar-refractivity contribution in [2.24, 2.45) is 0 Å². The van der Waals surface area contributed by atoms with Crippen LogP contribution < -0.4 is 21.3 Å². The third-order valence-corrected chi connectivity index (χ3v) is 7.16. The number of nitrogens with zero attached hydrogens (tertiary/aromatic N) is 3. The molecule has 38 heavy (non-hydrogen) atoms. The summed E-state index contributed by atoms with van der Waals surface area (Å²) in [5, 5.41) is 4.44. The highest BCUT2D eigenvalue weighted by Crippen LogP contribution is 2.37. The third kappa shape index (κ3) is 5.20. The lowest BCUT2D eigenvalue weighted by atomic mass is 10.1. The van der Waals surface area contributed by atoms with Crippen molar-refractivity contribution in [1.82, 2.24) is 19.9 Å². The summed E-state index contributed by atoms with van der Waals surface area (Å²) in [6.07, 6.45) is 4.21. The van der Waals surface area contributed by atoms with Crippen molar-refractivity contribution in [2.75, 3.05) is 16.7 Å². The molecule has 0 spiro atoms. The molecule has 1 unspecified atom stereocenters. The molecule has 0 bridgehead atoms. The lowest BCUT2D eigenvalue weighted by molar-refractivity contribution is 0.0934. The number of amides is 1. The normalized spacial score (nSPS) is 14.3. The average molecular weight is 553 g/mol. The fourth-order valence-corrected chi connectivity index (χ4v) is 5.21. The first-order valence-electron chi connectivity index (χ1n) is 11.9. The van der Waals surface area contributed by atoms with Gasteiger partial charge in [-0.1, -0.05) is 35.9 Å². The molecule has 196 valence electrons. The number of hydrogen-bond donors (Lipinski definition) is 3. The van der Waals surface area contributed by atoms with Crippen LogP contribution in [0.25, 0.3) is 22.0 Å². The van der Waals surface area contributed by atoms with E-state index in [0.717, 1.165) is 19.1 Å². The monoisotopic (exact) mass is 552 g/mol. The Morgan fingerprint density at radius 2 is 1.92 bits per heavy atom. The molecule has 1 fully saturated rings. The fourth-order valence-electron chi connectivity index (χ4n) is 4.40. The highest BCUT2D eigenvalue weighted by Gasteiger charge is 2.30. The molecule has 12 heteroatoms. The first kappa shape index (κ1) is 25.7. The van der Waals surface area contributed by atoms with Crippen LogP contribution in [0.1, 0.15) is 48.0 Å². The Bertz CT molecular complexity index is 1750. The molecular weight excluding hydrogens is 528 g/mol. The van der Waals surface area contributed by atoms with Crippen LogP contribution in [0.4, 0.5) is 11.5 Å². The van der Waals surface area contributed by atoms with Crippen LogP contribution in [0, 0.1) is 0 Å². The number of sulfonamides is 1. The van der Waals surface area contributed by atoms with Gasteiger partial charge in [0.15, 0.2) is 11.5 Å². The van der Waals surface area contributed by atoms with Gasteiger partial charge in [0.25, 0.3) is 11.5 Å². The molecule has 1 amide bonds. The zero-order chi connectivity index (χ0) is 27.2. The molecule has 0 saturated heterocycles. The van der Waals surface area contributed by atoms with E-state index in [4.69, 9.17) is 17.3 Å². The van der Waals surface area contributed by atoms with E-state index in [1.54, 1.807) is 47.9 Å². The second-order valence-corrected chi connectivity index (χ2v) is 11.5. The summed E-state index contributed by atoms with van der Waals surface area (Å²) in [5.74, 6) is -0.621. The minimum atomic E-state index is -3.47. The van der Waals surface area contributed by atoms with Crippen LogP contribution in [-0.4, -0.2) is 35.1 Å². The highest BCUT2D eigenvalue weighted by atomic mass is 35.5. The Morgan fingerprint density at radius 3 is 2.63 bits per heavy atom. The molecule has 1 aliphatic carbocycles. The minimum Gasteiger partial charge on any atom is -0.382 e. The Labute approximate surface area is 223 Å². The quantitative estimate of drug-likeness (QED) is 0.315. The first-order chi connectivity index (χ1) is 18.0. The van der Waals surface area contributed by atoms with Crippen molar-refractivity contribution in [3.05, 3.63) is 81.5 Å². The van der Waals surface area contributed by atoms with Crippen molar-refractivity contribution in [3.8, 4) is 11.3 Å². The second kappa shape index (κ2) is 9.73. The van der Waals surface area contributed by atoms with Crippen molar-refractivity contribution >= 4 is 49.8 Å². The number of aromatic nitrogens is 3. The number of halogens is 1. The molecule has 1 atom stereocenters. The number of benzene rings is 2. The lowest BCUT2D eigenvalue weighted by Crippen LogP contribution is -2.33. The number of carbonyl (C=O) groups excluding carboxylic acids is 1. The molecule has 0 radical (unpaired) electrons. The molecule has 2 aromatic carbocycles. The number of pyridine rings is 1. The number of nitrogens with one attached hydrogen (secondary N) is 2. The van der Waals surface area contributed by atoms with E-state index in [1.807, 2.05) is 12.1 Å². The second-order valence-electron chi connectivity index (χ2n) is 9.32. The van der Waals surface area contributed by atoms with Crippen molar-refractivity contribution < 1.29 is 13.2 Å². The molecule has 10 nitrogen and oxygen atoms in total. The van der Waals surface area contributed by atoms with E-state index in [1.165, 1.54) is 6.20 Å². The Morgan fingerprint density at radius 1 is 1.18 bits per heavy atom. The Hall–Kier alpha value is -3.96. The van der Waals surface area contributed by atoms with Gasteiger partial charge in [0.1, 0.15) is 0 Å². The zero-order valence-electron chi connectivity index (χ0n) is 20.6. The maximum atomic E-state index is 13.4. The van der Waals surface area contributed by atoms with Gasteiger partial charge in [0.2, 0.25) is 10.0 Å². The van der Waals surface area contributed by atoms with E-state index in [0.29, 0.717) is 38.4 Å². The predicted octanol–water partition coefficient (Wildman–Crippen LogP) is 3.89. The van der Waals surface area contributed by atoms with E-state index < -0.39 is 22.0 Å². The van der Waals surface area contributed by atoms with Crippen molar-refractivity contribution in [1.29, 1.82) is 0 Å². The smallest absolute Gasteiger partial charge is 0.274 e. The standard InChI is InChI=1S/C26H25ClN6O4S/c1-14(21-12-16-6-4-8-19(27)22(16)26(35)33(21)18-9-10-18)30-25(34)23-24(28)29-13-20(31-23)15-5-3-7-17(11-15)32-38(2,36)37/h3-8,11-14,18,32H,9-10H2,1-2H3,(H2,28,29)(H,30,34). The van der Waals surface area contributed by atoms with Gasteiger partial charge in [-0.25, -0.2) is 18.4 Å². The van der Waals surface area contributed by atoms with Gasteiger partial charge in [0, 0.05) is 23.0 Å². The summed E-state index contributed by atoms with van der Waals surface area (Å²) in [6.45, 7) is 1.79. The summed E-state index contributed by atoms with van der Waals surface area (Å²) in [7, 11) is -3.47. The van der Waals surface area contributed by atoms with E-state index >= 15 is 0 Å². The molecule has 5 rings (SSSR count).